The molecule has 0 unspecified atom stereocenters. The quantitative estimate of drug-likeness (QED) is 0.812. The Hall–Kier alpha value is -3.06. The van der Waals surface area contributed by atoms with Gasteiger partial charge in [-0.25, -0.2) is 0 Å². The first-order chi connectivity index (χ1) is 14.4. The zero-order valence-electron chi connectivity index (χ0n) is 17.4. The lowest BCUT2D eigenvalue weighted by Gasteiger charge is -2.32. The first-order valence-corrected chi connectivity index (χ1v) is 10.3. The summed E-state index contributed by atoms with van der Waals surface area (Å²) in [6, 6.07) is 8.42. The van der Waals surface area contributed by atoms with E-state index in [2.05, 4.69) is 11.9 Å². The van der Waals surface area contributed by atoms with Crippen LogP contribution in [0.15, 0.2) is 30.3 Å². The van der Waals surface area contributed by atoms with E-state index in [1.165, 1.54) is 6.07 Å². The second-order valence-corrected chi connectivity index (χ2v) is 8.09. The minimum atomic E-state index is -0.287. The normalized spacial score (nSPS) is 16.6. The largest absolute Gasteiger partial charge is 0.508 e. The maximum absolute atomic E-state index is 13.0. The van der Waals surface area contributed by atoms with Crippen LogP contribution in [-0.2, 0) is 19.5 Å². The van der Waals surface area contributed by atoms with Crippen LogP contribution in [-0.4, -0.2) is 70.0 Å². The maximum Gasteiger partial charge on any atom is 0.258 e. The number of hydrogen-bond acceptors (Lipinski definition) is 5. The number of carbonyl (C=O) groups excluding carboxylic acids is 2. The van der Waals surface area contributed by atoms with Crippen LogP contribution in [0.5, 0.6) is 11.5 Å². The second-order valence-electron chi connectivity index (χ2n) is 8.09. The SMILES string of the molecule is CCc1cc(C(=O)N2Cc3ccc(C(=O)N4CCN(C)CC4)cc3C2)c(O)cc1O. The predicted octanol–water partition coefficient (Wildman–Crippen LogP) is 2.20. The lowest BCUT2D eigenvalue weighted by molar-refractivity contribution is 0.0663. The highest BCUT2D eigenvalue weighted by molar-refractivity contribution is 5.98. The Labute approximate surface area is 176 Å². The Morgan fingerprint density at radius 1 is 0.867 bits per heavy atom. The number of benzene rings is 2. The number of rotatable bonds is 3. The molecule has 0 aliphatic carbocycles. The van der Waals surface area contributed by atoms with Crippen molar-refractivity contribution in [2.45, 2.75) is 26.4 Å². The molecule has 2 amide bonds. The molecule has 2 aromatic carbocycles. The molecule has 0 radical (unpaired) electrons. The smallest absolute Gasteiger partial charge is 0.258 e. The number of hydrogen-bond donors (Lipinski definition) is 2. The number of likely N-dealkylation sites (N-methyl/N-ethyl adjacent to an activating group) is 1. The number of piperazine rings is 1. The van der Waals surface area contributed by atoms with Crippen molar-refractivity contribution < 1.29 is 19.8 Å². The molecule has 0 bridgehead atoms. The van der Waals surface area contributed by atoms with Crippen molar-refractivity contribution in [1.82, 2.24) is 14.7 Å². The predicted molar refractivity (Wildman–Crippen MR) is 113 cm³/mol. The first kappa shape index (κ1) is 20.2. The molecule has 2 N–H and O–H groups in total. The summed E-state index contributed by atoms with van der Waals surface area (Å²) < 4.78 is 0. The van der Waals surface area contributed by atoms with Gasteiger partial charge in [-0.05, 0) is 48.4 Å². The second kappa shape index (κ2) is 7.99. The van der Waals surface area contributed by atoms with E-state index in [4.69, 9.17) is 0 Å². The Kier molecular flexibility index (Phi) is 5.39. The fourth-order valence-electron chi connectivity index (χ4n) is 4.11. The number of phenols is 2. The number of aryl methyl sites for hydroxylation is 1. The van der Waals surface area contributed by atoms with Crippen LogP contribution in [0.2, 0.25) is 0 Å². The van der Waals surface area contributed by atoms with Gasteiger partial charge in [0.2, 0.25) is 0 Å². The molecular weight excluding hydrogens is 382 g/mol. The van der Waals surface area contributed by atoms with Gasteiger partial charge in [-0.1, -0.05) is 13.0 Å². The van der Waals surface area contributed by atoms with E-state index >= 15 is 0 Å². The molecule has 0 saturated carbocycles. The van der Waals surface area contributed by atoms with E-state index in [0.717, 1.165) is 37.3 Å². The highest BCUT2D eigenvalue weighted by atomic mass is 16.3. The van der Waals surface area contributed by atoms with E-state index in [9.17, 15) is 19.8 Å². The number of amides is 2. The van der Waals surface area contributed by atoms with Crippen molar-refractivity contribution in [3.63, 3.8) is 0 Å². The number of aromatic hydroxyl groups is 2. The number of nitrogens with zero attached hydrogens (tertiary/aromatic N) is 3. The zero-order valence-corrected chi connectivity index (χ0v) is 17.4. The van der Waals surface area contributed by atoms with Crippen molar-refractivity contribution in [1.29, 1.82) is 0 Å². The van der Waals surface area contributed by atoms with Crippen molar-refractivity contribution in [2.75, 3.05) is 33.2 Å². The standard InChI is InChI=1S/C23H27N3O4/c1-3-15-11-19(21(28)12-20(15)27)23(30)26-13-17-5-4-16(10-18(17)14-26)22(29)25-8-6-24(2)7-9-25/h4-5,10-12,27-28H,3,6-9,13-14H2,1-2H3. The van der Waals surface area contributed by atoms with Crippen LogP contribution >= 0.6 is 0 Å². The van der Waals surface area contributed by atoms with E-state index in [1.807, 2.05) is 30.0 Å². The van der Waals surface area contributed by atoms with E-state index < -0.39 is 0 Å². The molecule has 30 heavy (non-hydrogen) atoms. The molecule has 7 heteroatoms. The summed E-state index contributed by atoms with van der Waals surface area (Å²) in [5.41, 5.74) is 3.41. The summed E-state index contributed by atoms with van der Waals surface area (Å²) >= 11 is 0. The van der Waals surface area contributed by atoms with Gasteiger partial charge in [0, 0.05) is 50.9 Å². The average molecular weight is 409 g/mol. The third-order valence-electron chi connectivity index (χ3n) is 6.06. The molecule has 0 atom stereocenters. The third kappa shape index (κ3) is 3.73. The van der Waals surface area contributed by atoms with Crippen LogP contribution in [0.3, 0.4) is 0 Å². The average Bonchev–Trinajstić information content (AvgIpc) is 3.17. The molecule has 158 valence electrons. The molecular formula is C23H27N3O4. The molecule has 0 spiro atoms. The number of carbonyl (C=O) groups is 2. The fraction of sp³-hybridized carbons (Fsp3) is 0.391. The number of phenolic OH excluding ortho intramolecular Hbond substituents is 2. The first-order valence-electron chi connectivity index (χ1n) is 10.3. The van der Waals surface area contributed by atoms with E-state index in [0.29, 0.717) is 30.6 Å². The Bertz CT molecular complexity index is 996. The molecule has 2 aromatic rings. The highest BCUT2D eigenvalue weighted by Gasteiger charge is 2.28. The molecule has 2 heterocycles. The summed E-state index contributed by atoms with van der Waals surface area (Å²) in [5.74, 6) is -0.496. The summed E-state index contributed by atoms with van der Waals surface area (Å²) in [5, 5.41) is 20.1. The van der Waals surface area contributed by atoms with Crippen molar-refractivity contribution in [3.8, 4) is 11.5 Å². The molecule has 2 aliphatic heterocycles. The molecule has 2 aliphatic rings. The molecule has 4 rings (SSSR count). The van der Waals surface area contributed by atoms with Crippen LogP contribution in [0, 0.1) is 0 Å². The van der Waals surface area contributed by atoms with Crippen molar-refractivity contribution in [3.05, 3.63) is 58.1 Å². The van der Waals surface area contributed by atoms with E-state index in [1.54, 1.807) is 11.0 Å². The lowest BCUT2D eigenvalue weighted by Crippen LogP contribution is -2.47. The summed E-state index contributed by atoms with van der Waals surface area (Å²) in [4.78, 5) is 31.6. The summed E-state index contributed by atoms with van der Waals surface area (Å²) in [6.45, 7) is 5.88. The van der Waals surface area contributed by atoms with Gasteiger partial charge >= 0.3 is 0 Å². The van der Waals surface area contributed by atoms with Crippen molar-refractivity contribution >= 4 is 11.8 Å². The van der Waals surface area contributed by atoms with Crippen LogP contribution in [0.4, 0.5) is 0 Å². The summed E-state index contributed by atoms with van der Waals surface area (Å²) in [6.07, 6.45) is 0.560. The Balaban J connectivity index is 1.51. The minimum absolute atomic E-state index is 0.0108. The third-order valence-corrected chi connectivity index (χ3v) is 6.06. The van der Waals surface area contributed by atoms with E-state index in [-0.39, 0.29) is 28.9 Å². The highest BCUT2D eigenvalue weighted by Crippen LogP contribution is 2.32. The lowest BCUT2D eigenvalue weighted by atomic mass is 10.1. The van der Waals surface area contributed by atoms with Gasteiger partial charge in [0.15, 0.2) is 0 Å². The maximum atomic E-state index is 13.0. The Morgan fingerprint density at radius 3 is 2.27 bits per heavy atom. The topological polar surface area (TPSA) is 84.3 Å². The van der Waals surface area contributed by atoms with Gasteiger partial charge in [-0.3, -0.25) is 9.59 Å². The van der Waals surface area contributed by atoms with Gasteiger partial charge in [0.05, 0.1) is 5.56 Å². The molecule has 0 aromatic heterocycles. The number of fused-ring (bicyclic) bond motifs is 1. The zero-order chi connectivity index (χ0) is 21.4. The van der Waals surface area contributed by atoms with Crippen LogP contribution in [0.1, 0.15) is 44.3 Å². The minimum Gasteiger partial charge on any atom is -0.508 e. The monoisotopic (exact) mass is 409 g/mol. The van der Waals surface area contributed by atoms with Crippen LogP contribution in [0.25, 0.3) is 0 Å². The summed E-state index contributed by atoms with van der Waals surface area (Å²) in [7, 11) is 2.05. The Morgan fingerprint density at radius 2 is 1.57 bits per heavy atom. The molecule has 7 nitrogen and oxygen atoms in total. The van der Waals surface area contributed by atoms with Gasteiger partial charge in [0.1, 0.15) is 11.5 Å². The van der Waals surface area contributed by atoms with Gasteiger partial charge < -0.3 is 24.9 Å². The molecule has 1 fully saturated rings. The van der Waals surface area contributed by atoms with Gasteiger partial charge in [-0.15, -0.1) is 0 Å². The van der Waals surface area contributed by atoms with Gasteiger partial charge in [-0.2, -0.15) is 0 Å². The fourth-order valence-corrected chi connectivity index (χ4v) is 4.11. The van der Waals surface area contributed by atoms with Crippen molar-refractivity contribution in [2.24, 2.45) is 0 Å². The van der Waals surface area contributed by atoms with Crippen LogP contribution < -0.4 is 0 Å². The molecule has 1 saturated heterocycles. The van der Waals surface area contributed by atoms with Gasteiger partial charge in [0.25, 0.3) is 11.8 Å².